The molecule has 3 aliphatic rings. The number of nitrogens with one attached hydrogen (secondary N) is 3. The lowest BCUT2D eigenvalue weighted by Gasteiger charge is -2.29. The van der Waals surface area contributed by atoms with Crippen LogP contribution in [0.1, 0.15) is 56.0 Å². The molecule has 12 nitrogen and oxygen atoms in total. The predicted octanol–water partition coefficient (Wildman–Crippen LogP) is 6.54. The van der Waals surface area contributed by atoms with E-state index in [9.17, 15) is 14.4 Å². The van der Waals surface area contributed by atoms with E-state index in [4.69, 9.17) is 18.9 Å². The second-order valence-corrected chi connectivity index (χ2v) is 13.2. The molecule has 2 aliphatic heterocycles. The van der Waals surface area contributed by atoms with Gasteiger partial charge in [-0.3, -0.25) is 20.3 Å². The van der Waals surface area contributed by atoms with Crippen molar-refractivity contribution in [1.82, 2.24) is 15.1 Å². The molecule has 1 aromatic heterocycles. The van der Waals surface area contributed by atoms with Crippen molar-refractivity contribution in [3.8, 4) is 0 Å². The van der Waals surface area contributed by atoms with Crippen molar-refractivity contribution >= 4 is 40.7 Å². The summed E-state index contributed by atoms with van der Waals surface area (Å²) in [6.07, 6.45) is 10.9. The largest absolute Gasteiger partial charge is 0.463 e. The Morgan fingerprint density at radius 1 is 1.00 bits per heavy atom. The normalized spacial score (nSPS) is 16.4. The van der Waals surface area contributed by atoms with Crippen LogP contribution in [0.3, 0.4) is 0 Å². The third-order valence-electron chi connectivity index (χ3n) is 7.56. The van der Waals surface area contributed by atoms with E-state index in [0.29, 0.717) is 49.0 Å². The maximum absolute atomic E-state index is 13.6. The minimum Gasteiger partial charge on any atom is -0.463 e. The van der Waals surface area contributed by atoms with Gasteiger partial charge in [0.05, 0.1) is 24.6 Å². The van der Waals surface area contributed by atoms with E-state index < -0.39 is 11.7 Å². The number of hydrogen-bond acceptors (Lipinski definition) is 9. The first-order valence-electron chi connectivity index (χ1n) is 16.1. The Hall–Kier alpha value is -4.59. The molecule has 1 saturated heterocycles. The summed E-state index contributed by atoms with van der Waals surface area (Å²) in [6.45, 7) is 10.2. The molecule has 5 rings (SSSR count). The lowest BCUT2D eigenvalue weighted by molar-refractivity contribution is 0.0364. The first-order valence-corrected chi connectivity index (χ1v) is 17.0. The molecule has 3 N–H and O–H groups in total. The lowest BCUT2D eigenvalue weighted by Crippen LogP contribution is -2.42. The van der Waals surface area contributed by atoms with Crippen LogP contribution in [0.2, 0.25) is 0 Å². The first-order chi connectivity index (χ1) is 23.1. The highest BCUT2D eigenvalue weighted by Crippen LogP contribution is 2.28. The zero-order valence-corrected chi connectivity index (χ0v) is 28.4. The highest BCUT2D eigenvalue weighted by molar-refractivity contribution is 7.09. The summed E-state index contributed by atoms with van der Waals surface area (Å²) in [5, 5.41) is 11.9. The van der Waals surface area contributed by atoms with Gasteiger partial charge < -0.3 is 29.2 Å². The van der Waals surface area contributed by atoms with E-state index in [1.54, 1.807) is 48.6 Å². The summed E-state index contributed by atoms with van der Waals surface area (Å²) < 4.78 is 22.3. The van der Waals surface area contributed by atoms with Gasteiger partial charge in [-0.1, -0.05) is 30.4 Å². The van der Waals surface area contributed by atoms with Crippen molar-refractivity contribution in [2.75, 3.05) is 50.0 Å². The molecule has 3 heterocycles. The van der Waals surface area contributed by atoms with Gasteiger partial charge in [0.25, 0.3) is 5.91 Å². The Bertz CT molecular complexity index is 1570. The van der Waals surface area contributed by atoms with E-state index in [2.05, 4.69) is 26.9 Å². The maximum atomic E-state index is 13.6. The molecular weight excluding hydrogens is 634 g/mol. The number of hydrogen-bond donors (Lipinski definition) is 3. The van der Waals surface area contributed by atoms with Gasteiger partial charge in [0.15, 0.2) is 12.0 Å². The smallest absolute Gasteiger partial charge is 0.412 e. The fraction of sp³-hybridized carbons (Fsp3) is 0.400. The maximum Gasteiger partial charge on any atom is 0.412 e. The summed E-state index contributed by atoms with van der Waals surface area (Å²) in [7, 11) is 0. The fourth-order valence-corrected chi connectivity index (χ4v) is 5.87. The third kappa shape index (κ3) is 10.5. The number of benzene rings is 1. The van der Waals surface area contributed by atoms with E-state index in [1.165, 1.54) is 23.9 Å². The molecule has 2 aromatic rings. The average Bonchev–Trinajstić information content (AvgIpc) is 3.50. The van der Waals surface area contributed by atoms with Crippen LogP contribution in [0.4, 0.5) is 21.0 Å². The number of thiophene rings is 1. The van der Waals surface area contributed by atoms with E-state index >= 15 is 0 Å². The Kier molecular flexibility index (Phi) is 11.9. The molecule has 0 atom stereocenters. The Balaban J connectivity index is 1.20. The third-order valence-corrected chi connectivity index (χ3v) is 8.30. The number of amides is 4. The van der Waals surface area contributed by atoms with E-state index in [0.717, 1.165) is 50.0 Å². The molecular formula is C35H43N5O7S. The Morgan fingerprint density at radius 3 is 2.46 bits per heavy atom. The van der Waals surface area contributed by atoms with Crippen molar-refractivity contribution in [2.24, 2.45) is 0 Å². The highest BCUT2D eigenvalue weighted by Gasteiger charge is 2.22. The van der Waals surface area contributed by atoms with Crippen LogP contribution in [-0.2, 0) is 25.5 Å². The molecule has 4 amide bonds. The molecule has 0 saturated carbocycles. The van der Waals surface area contributed by atoms with Crippen LogP contribution in [0.25, 0.3) is 0 Å². The zero-order valence-electron chi connectivity index (χ0n) is 27.6. The second-order valence-electron chi connectivity index (χ2n) is 12.5. The summed E-state index contributed by atoms with van der Waals surface area (Å²) in [5.41, 5.74) is 2.56. The highest BCUT2D eigenvalue weighted by atomic mass is 32.1. The SMILES string of the molecule is CC(C)(C)OC(=O)Nc1cscc1NC(=O)c1ccc(CN(CCCN2CCOCC2)C(=O)NC2=COC=C(C3=CC=CCC3)O2)cc1. The molecule has 0 spiro atoms. The van der Waals surface area contributed by atoms with Gasteiger partial charge in [0.2, 0.25) is 5.88 Å². The van der Waals surface area contributed by atoms with Crippen molar-refractivity contribution in [2.45, 2.75) is 52.2 Å². The number of carbonyl (C=O) groups is 3. The quantitative estimate of drug-likeness (QED) is 0.244. The van der Waals surface area contributed by atoms with Crippen molar-refractivity contribution in [1.29, 1.82) is 0 Å². The van der Waals surface area contributed by atoms with Crippen LogP contribution in [-0.4, -0.2) is 72.8 Å². The average molecular weight is 678 g/mol. The van der Waals surface area contributed by atoms with Crippen LogP contribution >= 0.6 is 11.3 Å². The number of morpholine rings is 1. The van der Waals surface area contributed by atoms with Gasteiger partial charge in [-0.2, -0.15) is 0 Å². The lowest BCUT2D eigenvalue weighted by atomic mass is 10.0. The van der Waals surface area contributed by atoms with Gasteiger partial charge >= 0.3 is 12.1 Å². The molecule has 48 heavy (non-hydrogen) atoms. The number of rotatable bonds is 11. The molecule has 0 radical (unpaired) electrons. The molecule has 1 fully saturated rings. The van der Waals surface area contributed by atoms with Gasteiger partial charge in [0.1, 0.15) is 11.9 Å². The summed E-state index contributed by atoms with van der Waals surface area (Å²) in [4.78, 5) is 43.0. The van der Waals surface area contributed by atoms with Crippen molar-refractivity contribution in [3.63, 3.8) is 0 Å². The number of urea groups is 1. The van der Waals surface area contributed by atoms with Crippen molar-refractivity contribution in [3.05, 3.63) is 94.1 Å². The fourth-order valence-electron chi connectivity index (χ4n) is 5.16. The minimum absolute atomic E-state index is 0.215. The number of ether oxygens (including phenoxy) is 4. The standard InChI is InChI=1S/C35H43N5O7S/c1-35(2,3)47-34(43)37-29-24-48-23-28(29)36-32(41)27-12-10-25(11-13-27)20-40(15-7-14-39-16-18-44-19-17-39)33(42)38-31-22-45-21-30(46-31)26-8-5-4-6-9-26/h4-5,8,10-13,21-24H,6-7,9,14-20H2,1-3H3,(H,36,41)(H,37,43)(H,38,42). The molecule has 256 valence electrons. The molecule has 0 bridgehead atoms. The minimum atomic E-state index is -0.648. The van der Waals surface area contributed by atoms with Crippen LogP contribution < -0.4 is 16.0 Å². The number of carbonyl (C=O) groups excluding carboxylic acids is 3. The monoisotopic (exact) mass is 677 g/mol. The van der Waals surface area contributed by atoms with Gasteiger partial charge in [0, 0.05) is 49.0 Å². The molecule has 1 aliphatic carbocycles. The first kappa shape index (κ1) is 34.7. The summed E-state index contributed by atoms with van der Waals surface area (Å²) >= 11 is 1.34. The van der Waals surface area contributed by atoms with Crippen LogP contribution in [0.15, 0.2) is 83.0 Å². The van der Waals surface area contributed by atoms with Gasteiger partial charge in [-0.05, 0) is 63.3 Å². The number of nitrogens with zero attached hydrogens (tertiary/aromatic N) is 2. The van der Waals surface area contributed by atoms with Gasteiger partial charge in [-0.25, -0.2) is 9.59 Å². The summed E-state index contributed by atoms with van der Waals surface area (Å²) in [6, 6.07) is 6.76. The zero-order chi connectivity index (χ0) is 33.9. The summed E-state index contributed by atoms with van der Waals surface area (Å²) in [5.74, 6) is 0.452. The Morgan fingerprint density at radius 2 is 1.75 bits per heavy atom. The van der Waals surface area contributed by atoms with Crippen molar-refractivity contribution < 1.29 is 33.3 Å². The molecule has 1 aromatic carbocycles. The van der Waals surface area contributed by atoms with Crippen LogP contribution in [0, 0.1) is 0 Å². The predicted molar refractivity (Wildman–Crippen MR) is 184 cm³/mol. The van der Waals surface area contributed by atoms with E-state index in [1.807, 2.05) is 24.3 Å². The number of anilines is 2. The second kappa shape index (κ2) is 16.5. The van der Waals surface area contributed by atoms with Crippen LogP contribution in [0.5, 0.6) is 0 Å². The Labute approximate surface area is 285 Å². The molecule has 0 unspecified atom stereocenters. The topological polar surface area (TPSA) is 131 Å². The molecule has 13 heteroatoms. The van der Waals surface area contributed by atoms with E-state index in [-0.39, 0.29) is 17.8 Å². The van der Waals surface area contributed by atoms with Gasteiger partial charge in [-0.15, -0.1) is 11.3 Å². The number of allylic oxidation sites excluding steroid dienone is 4.